The first-order valence-electron chi connectivity index (χ1n) is 11.7. The molecule has 0 amide bonds. The molecule has 0 aliphatic carbocycles. The first-order chi connectivity index (χ1) is 17.5. The molecule has 0 aliphatic heterocycles. The Balaban J connectivity index is 1.70. The number of pyridine rings is 1. The van der Waals surface area contributed by atoms with E-state index in [4.69, 9.17) is 17.0 Å². The minimum absolute atomic E-state index is 0.0693. The number of hydrogen-bond donors (Lipinski definition) is 3. The second kappa shape index (κ2) is 11.5. The van der Waals surface area contributed by atoms with Crippen LogP contribution in [0.2, 0.25) is 5.02 Å². The zero-order valence-corrected chi connectivity index (χ0v) is 20.6. The van der Waals surface area contributed by atoms with Crippen molar-refractivity contribution in [2.24, 2.45) is 0 Å². The number of nitrogens with one attached hydrogen (secondary N) is 3. The molecule has 3 N–H and O–H groups in total. The molecule has 0 atom stereocenters. The van der Waals surface area contributed by atoms with Gasteiger partial charge in [0.05, 0.1) is 5.56 Å². The third-order valence-electron chi connectivity index (χ3n) is 5.76. The maximum Gasteiger partial charge on any atom is 0.260 e. The van der Waals surface area contributed by atoms with Gasteiger partial charge in [0.15, 0.2) is 5.78 Å². The van der Waals surface area contributed by atoms with E-state index in [1.165, 1.54) is 12.3 Å². The summed E-state index contributed by atoms with van der Waals surface area (Å²) in [5.41, 5.74) is 4.02. The highest BCUT2D eigenvalue weighted by atomic mass is 35.5. The number of aromatic amines is 1. The Morgan fingerprint density at radius 2 is 1.81 bits per heavy atom. The van der Waals surface area contributed by atoms with E-state index in [-0.39, 0.29) is 5.56 Å². The van der Waals surface area contributed by atoms with Crippen molar-refractivity contribution >= 4 is 46.2 Å². The Labute approximate surface area is 214 Å². The van der Waals surface area contributed by atoms with Crippen molar-refractivity contribution < 1.29 is 4.79 Å². The molecule has 36 heavy (non-hydrogen) atoms. The van der Waals surface area contributed by atoms with Crippen LogP contribution in [0.25, 0.3) is 33.7 Å². The predicted octanol–water partition coefficient (Wildman–Crippen LogP) is 6.73. The number of halogens is 1. The Morgan fingerprint density at radius 3 is 2.50 bits per heavy atom. The summed E-state index contributed by atoms with van der Waals surface area (Å²) in [5, 5.41) is 12.1. The molecule has 6 heteroatoms. The van der Waals surface area contributed by atoms with Crippen LogP contribution in [0.4, 0.5) is 0 Å². The lowest BCUT2D eigenvalue weighted by atomic mass is 9.94. The fraction of sp³-hybridized carbons (Fsp3) is 0.100. The molecule has 0 aliphatic rings. The van der Waals surface area contributed by atoms with Gasteiger partial charge in [-0.2, -0.15) is 0 Å². The Hall–Kier alpha value is -4.22. The lowest BCUT2D eigenvalue weighted by Crippen LogP contribution is -2.18. The molecule has 0 fully saturated rings. The van der Waals surface area contributed by atoms with Crippen LogP contribution in [-0.4, -0.2) is 23.5 Å². The summed E-state index contributed by atoms with van der Waals surface area (Å²) in [6.45, 7) is 2.92. The van der Waals surface area contributed by atoms with Crippen molar-refractivity contribution in [3.8, 4) is 11.1 Å². The van der Waals surface area contributed by atoms with Gasteiger partial charge in [-0.15, -0.1) is 0 Å². The normalized spacial score (nSPS) is 11.7. The summed E-state index contributed by atoms with van der Waals surface area (Å²) in [7, 11) is 0. The van der Waals surface area contributed by atoms with E-state index < -0.39 is 11.3 Å². The minimum atomic E-state index is -0.450. The van der Waals surface area contributed by atoms with Crippen LogP contribution in [0.15, 0.2) is 89.9 Å². The summed E-state index contributed by atoms with van der Waals surface area (Å²) < 4.78 is 0. The summed E-state index contributed by atoms with van der Waals surface area (Å²) in [4.78, 5) is 29.2. The molecule has 0 bridgehead atoms. The Morgan fingerprint density at radius 1 is 1.06 bits per heavy atom. The molecular weight excluding hydrogens is 470 g/mol. The number of rotatable bonds is 9. The number of carbonyl (C=O) groups is 1. The third-order valence-corrected chi connectivity index (χ3v) is 6.00. The summed E-state index contributed by atoms with van der Waals surface area (Å²) in [5.74, 6) is -0.398. The fourth-order valence-electron chi connectivity index (χ4n) is 3.98. The number of fused-ring (bicyclic) bond motifs is 1. The molecular formula is C30H26ClN3O2. The standard InChI is InChI=1S/C30H26ClN3O2/c1-2-16-33-19-23(18-32)21-11-8-20(9-12-21)10-15-27(35)29-28(22-6-4-3-5-7-22)25-17-24(31)13-14-26(25)34-30(29)36/h3-15,17-19,32-33H,2,16H2,1H3,(H,34,36)/b15-10+,23-19+,32-18?. The van der Waals surface area contributed by atoms with E-state index in [9.17, 15) is 9.59 Å². The fourth-order valence-corrected chi connectivity index (χ4v) is 4.15. The summed E-state index contributed by atoms with van der Waals surface area (Å²) in [6, 6.07) is 22.1. The van der Waals surface area contributed by atoms with Crippen LogP contribution < -0.4 is 10.9 Å². The largest absolute Gasteiger partial charge is 0.390 e. The molecule has 0 unspecified atom stereocenters. The number of hydrogen-bond acceptors (Lipinski definition) is 4. The molecule has 0 saturated carbocycles. The van der Waals surface area contributed by atoms with Gasteiger partial charge in [0.2, 0.25) is 0 Å². The molecule has 0 spiro atoms. The van der Waals surface area contributed by atoms with Gasteiger partial charge in [0.25, 0.3) is 5.56 Å². The van der Waals surface area contributed by atoms with Crippen molar-refractivity contribution in [2.45, 2.75) is 13.3 Å². The summed E-state index contributed by atoms with van der Waals surface area (Å²) in [6.07, 6.45) is 7.23. The lowest BCUT2D eigenvalue weighted by Gasteiger charge is -2.11. The maximum atomic E-state index is 13.3. The molecule has 0 saturated heterocycles. The quantitative estimate of drug-likeness (QED) is 0.104. The number of carbonyl (C=O) groups excluding carboxylic acids is 1. The minimum Gasteiger partial charge on any atom is -0.390 e. The zero-order valence-electron chi connectivity index (χ0n) is 19.8. The van der Waals surface area contributed by atoms with Crippen LogP contribution in [0.1, 0.15) is 34.8 Å². The van der Waals surface area contributed by atoms with Crippen LogP contribution in [-0.2, 0) is 0 Å². The molecule has 1 aromatic heterocycles. The first-order valence-corrected chi connectivity index (χ1v) is 12.1. The van der Waals surface area contributed by atoms with Gasteiger partial charge >= 0.3 is 0 Å². The van der Waals surface area contributed by atoms with Crippen molar-refractivity contribution in [1.29, 1.82) is 5.41 Å². The van der Waals surface area contributed by atoms with Crippen molar-refractivity contribution in [3.63, 3.8) is 0 Å². The molecule has 4 aromatic rings. The van der Waals surface area contributed by atoms with Crippen molar-refractivity contribution in [3.05, 3.63) is 117 Å². The first kappa shape index (κ1) is 24.9. The Kier molecular flexibility index (Phi) is 7.93. The lowest BCUT2D eigenvalue weighted by molar-refractivity contribution is 0.104. The van der Waals surface area contributed by atoms with Gasteiger partial charge in [-0.25, -0.2) is 0 Å². The van der Waals surface area contributed by atoms with Gasteiger partial charge in [-0.05, 0) is 47.4 Å². The second-order valence-corrected chi connectivity index (χ2v) is 8.71. The van der Waals surface area contributed by atoms with E-state index in [1.54, 1.807) is 24.3 Å². The van der Waals surface area contributed by atoms with Crippen LogP contribution in [0, 0.1) is 5.41 Å². The van der Waals surface area contributed by atoms with Crippen LogP contribution in [0.5, 0.6) is 0 Å². The number of H-pyrrole nitrogens is 1. The summed E-state index contributed by atoms with van der Waals surface area (Å²) >= 11 is 6.26. The van der Waals surface area contributed by atoms with E-state index in [0.29, 0.717) is 21.5 Å². The highest BCUT2D eigenvalue weighted by molar-refractivity contribution is 6.31. The Bertz CT molecular complexity index is 1520. The number of ketones is 1. The highest BCUT2D eigenvalue weighted by Crippen LogP contribution is 2.31. The zero-order chi connectivity index (χ0) is 25.5. The van der Waals surface area contributed by atoms with E-state index in [2.05, 4.69) is 17.2 Å². The molecule has 180 valence electrons. The molecule has 5 nitrogen and oxygen atoms in total. The number of allylic oxidation sites excluding steroid dienone is 2. The van der Waals surface area contributed by atoms with Gasteiger partial charge in [-0.1, -0.05) is 79.2 Å². The smallest absolute Gasteiger partial charge is 0.260 e. The van der Waals surface area contributed by atoms with Crippen molar-refractivity contribution in [2.75, 3.05) is 6.54 Å². The topological polar surface area (TPSA) is 85.8 Å². The average Bonchev–Trinajstić information content (AvgIpc) is 2.90. The van der Waals surface area contributed by atoms with Gasteiger partial charge in [0, 0.05) is 46.0 Å². The monoisotopic (exact) mass is 495 g/mol. The van der Waals surface area contributed by atoms with Gasteiger partial charge in [0.1, 0.15) is 0 Å². The van der Waals surface area contributed by atoms with Gasteiger partial charge < -0.3 is 15.7 Å². The second-order valence-electron chi connectivity index (χ2n) is 8.28. The molecule has 1 heterocycles. The molecule has 0 radical (unpaired) electrons. The average molecular weight is 496 g/mol. The molecule has 3 aromatic carbocycles. The van der Waals surface area contributed by atoms with Crippen LogP contribution >= 0.6 is 11.6 Å². The highest BCUT2D eigenvalue weighted by Gasteiger charge is 2.19. The SMILES string of the molecule is CCCN/C=C(\C=N)c1ccc(/C=C/C(=O)c2c(-c3ccccc3)c3cc(Cl)ccc3[nH]c2=O)cc1. The van der Waals surface area contributed by atoms with Gasteiger partial charge in [-0.3, -0.25) is 9.59 Å². The van der Waals surface area contributed by atoms with E-state index in [0.717, 1.165) is 35.2 Å². The van der Waals surface area contributed by atoms with Crippen LogP contribution in [0.3, 0.4) is 0 Å². The van der Waals surface area contributed by atoms with Crippen molar-refractivity contribution in [1.82, 2.24) is 10.3 Å². The third kappa shape index (κ3) is 5.53. The maximum absolute atomic E-state index is 13.3. The number of aromatic nitrogens is 1. The van der Waals surface area contributed by atoms with E-state index >= 15 is 0 Å². The number of benzene rings is 3. The predicted molar refractivity (Wildman–Crippen MR) is 150 cm³/mol. The van der Waals surface area contributed by atoms with E-state index in [1.807, 2.05) is 60.8 Å². The molecule has 4 rings (SSSR count).